The van der Waals surface area contributed by atoms with Crippen LogP contribution in [0.3, 0.4) is 0 Å². The van der Waals surface area contributed by atoms with E-state index in [0.717, 1.165) is 48.4 Å². The van der Waals surface area contributed by atoms with E-state index >= 15 is 0 Å². The molecule has 8 nitrogen and oxygen atoms in total. The summed E-state index contributed by atoms with van der Waals surface area (Å²) >= 11 is 1.32. The summed E-state index contributed by atoms with van der Waals surface area (Å²) in [5, 5.41) is 14.6. The molecule has 0 radical (unpaired) electrons. The van der Waals surface area contributed by atoms with Gasteiger partial charge in [-0.05, 0) is 54.8 Å². The number of methoxy groups -OCH3 is 1. The Hall–Kier alpha value is -3.33. The lowest BCUT2D eigenvalue weighted by Crippen LogP contribution is -2.25. The highest BCUT2D eigenvalue weighted by Gasteiger charge is 2.22. The first kappa shape index (κ1) is 22.8. The number of rotatable bonds is 9. The highest BCUT2D eigenvalue weighted by molar-refractivity contribution is 7.99. The number of thioether (sulfide) groups is 1. The molecule has 33 heavy (non-hydrogen) atoms. The number of aromatic nitrogens is 3. The summed E-state index contributed by atoms with van der Waals surface area (Å²) < 4.78 is 7.02. The van der Waals surface area contributed by atoms with E-state index in [1.807, 2.05) is 53.1 Å². The lowest BCUT2D eigenvalue weighted by atomic mass is 10.1. The average Bonchev–Trinajstić information content (AvgIpc) is 3.54. The van der Waals surface area contributed by atoms with E-state index in [4.69, 9.17) is 4.74 Å². The van der Waals surface area contributed by atoms with Crippen LogP contribution in [0.1, 0.15) is 31.2 Å². The van der Waals surface area contributed by atoms with Gasteiger partial charge >= 0.3 is 0 Å². The fourth-order valence-electron chi connectivity index (χ4n) is 3.82. The van der Waals surface area contributed by atoms with Crippen LogP contribution in [0.5, 0.6) is 5.75 Å². The first-order chi connectivity index (χ1) is 16.1. The van der Waals surface area contributed by atoms with Crippen molar-refractivity contribution in [2.24, 2.45) is 5.92 Å². The zero-order valence-corrected chi connectivity index (χ0v) is 19.3. The van der Waals surface area contributed by atoms with Crippen LogP contribution >= 0.6 is 11.8 Å². The van der Waals surface area contributed by atoms with Crippen molar-refractivity contribution in [1.29, 1.82) is 0 Å². The Bertz CT molecular complexity index is 1090. The number of nitrogens with zero attached hydrogens (tertiary/aromatic N) is 3. The number of hydrogen-bond acceptors (Lipinski definition) is 6. The summed E-state index contributed by atoms with van der Waals surface area (Å²) in [5.74, 6) is 1.08. The van der Waals surface area contributed by atoms with Gasteiger partial charge in [0.05, 0.1) is 12.9 Å². The zero-order chi connectivity index (χ0) is 23.0. The van der Waals surface area contributed by atoms with Crippen LogP contribution in [-0.4, -0.2) is 39.4 Å². The molecule has 1 fully saturated rings. The maximum absolute atomic E-state index is 12.4. The maximum Gasteiger partial charge on any atom is 0.230 e. The summed E-state index contributed by atoms with van der Waals surface area (Å²) in [6, 6.07) is 15.1. The fraction of sp³-hybridized carbons (Fsp3) is 0.333. The van der Waals surface area contributed by atoms with Crippen molar-refractivity contribution in [3.8, 4) is 11.4 Å². The number of hydrogen-bond donors (Lipinski definition) is 2. The molecule has 0 bridgehead atoms. The molecule has 1 aliphatic carbocycles. The van der Waals surface area contributed by atoms with Gasteiger partial charge < -0.3 is 15.4 Å². The lowest BCUT2D eigenvalue weighted by molar-refractivity contribution is -0.120. The zero-order valence-electron chi connectivity index (χ0n) is 18.5. The van der Waals surface area contributed by atoms with Gasteiger partial charge in [-0.2, -0.15) is 0 Å². The topological polar surface area (TPSA) is 98.1 Å². The molecule has 3 aromatic rings. The molecule has 1 aliphatic rings. The van der Waals surface area contributed by atoms with E-state index in [1.165, 1.54) is 11.8 Å². The van der Waals surface area contributed by atoms with Crippen molar-refractivity contribution in [3.63, 3.8) is 0 Å². The Morgan fingerprint density at radius 2 is 1.94 bits per heavy atom. The molecule has 0 atom stereocenters. The molecular weight excluding hydrogens is 438 g/mol. The summed E-state index contributed by atoms with van der Waals surface area (Å²) in [4.78, 5) is 24.8. The van der Waals surface area contributed by atoms with Crippen molar-refractivity contribution in [2.75, 3.05) is 18.2 Å². The Balaban J connectivity index is 1.27. The number of anilines is 1. The molecule has 0 unspecified atom stereocenters. The Morgan fingerprint density at radius 3 is 2.70 bits per heavy atom. The van der Waals surface area contributed by atoms with Gasteiger partial charge in [0.25, 0.3) is 0 Å². The average molecular weight is 466 g/mol. The summed E-state index contributed by atoms with van der Waals surface area (Å²) in [7, 11) is 1.62. The molecule has 0 spiro atoms. The second kappa shape index (κ2) is 11.0. The monoisotopic (exact) mass is 465 g/mol. The summed E-state index contributed by atoms with van der Waals surface area (Å²) in [6.45, 7) is 0.387. The SMILES string of the molecule is COc1ccc(-n2cnnc2SCC(=O)NCc2cccc(NC(=O)C3CCCC3)c2)cc1. The number of benzene rings is 2. The van der Waals surface area contributed by atoms with Gasteiger partial charge in [-0.15, -0.1) is 10.2 Å². The van der Waals surface area contributed by atoms with Gasteiger partial charge in [0, 0.05) is 23.8 Å². The highest BCUT2D eigenvalue weighted by Crippen LogP contribution is 2.26. The van der Waals surface area contributed by atoms with Gasteiger partial charge in [-0.25, -0.2) is 0 Å². The minimum absolute atomic E-state index is 0.0889. The number of nitrogens with one attached hydrogen (secondary N) is 2. The van der Waals surface area contributed by atoms with Crippen LogP contribution in [0.25, 0.3) is 5.69 Å². The molecule has 1 aromatic heterocycles. The molecule has 0 aliphatic heterocycles. The predicted molar refractivity (Wildman–Crippen MR) is 128 cm³/mol. The third-order valence-electron chi connectivity index (χ3n) is 5.61. The van der Waals surface area contributed by atoms with Gasteiger partial charge in [-0.3, -0.25) is 14.2 Å². The van der Waals surface area contributed by atoms with Crippen molar-refractivity contribution >= 4 is 29.3 Å². The summed E-state index contributed by atoms with van der Waals surface area (Å²) in [6.07, 6.45) is 5.79. The molecule has 0 saturated heterocycles. The number of amides is 2. The summed E-state index contributed by atoms with van der Waals surface area (Å²) in [5.41, 5.74) is 2.58. The molecular formula is C24H27N5O3S. The number of carbonyl (C=O) groups excluding carboxylic acids is 2. The van der Waals surface area contributed by atoms with Crippen molar-refractivity contribution in [1.82, 2.24) is 20.1 Å². The standard InChI is InChI=1S/C24H27N5O3S/c1-32-21-11-9-20(10-12-21)29-16-26-28-24(29)33-15-22(30)25-14-17-5-4-8-19(13-17)27-23(31)18-6-2-3-7-18/h4-5,8-13,16,18H,2-3,6-7,14-15H2,1H3,(H,25,30)(H,27,31). The fourth-order valence-corrected chi connectivity index (χ4v) is 4.57. The molecule has 2 N–H and O–H groups in total. The molecule has 2 amide bonds. The first-order valence-electron chi connectivity index (χ1n) is 11.0. The predicted octanol–water partition coefficient (Wildman–Crippen LogP) is 3.81. The molecule has 1 saturated carbocycles. The third kappa shape index (κ3) is 6.13. The van der Waals surface area contributed by atoms with Gasteiger partial charge in [0.1, 0.15) is 12.1 Å². The van der Waals surface area contributed by atoms with Crippen LogP contribution in [0.15, 0.2) is 60.0 Å². The van der Waals surface area contributed by atoms with Crippen LogP contribution in [-0.2, 0) is 16.1 Å². The Kier molecular flexibility index (Phi) is 7.62. The van der Waals surface area contributed by atoms with E-state index in [1.54, 1.807) is 13.4 Å². The lowest BCUT2D eigenvalue weighted by Gasteiger charge is -2.12. The first-order valence-corrected chi connectivity index (χ1v) is 11.9. The van der Waals surface area contributed by atoms with Gasteiger partial charge in [0.15, 0.2) is 5.16 Å². The van der Waals surface area contributed by atoms with Gasteiger partial charge in [-0.1, -0.05) is 36.7 Å². The normalized spacial score (nSPS) is 13.6. The van der Waals surface area contributed by atoms with E-state index < -0.39 is 0 Å². The highest BCUT2D eigenvalue weighted by atomic mass is 32.2. The quantitative estimate of drug-likeness (QED) is 0.466. The minimum atomic E-state index is -0.107. The molecule has 2 aromatic carbocycles. The largest absolute Gasteiger partial charge is 0.497 e. The van der Waals surface area contributed by atoms with E-state index in [9.17, 15) is 9.59 Å². The van der Waals surface area contributed by atoms with E-state index in [-0.39, 0.29) is 23.5 Å². The molecule has 9 heteroatoms. The van der Waals surface area contributed by atoms with Gasteiger partial charge in [0.2, 0.25) is 11.8 Å². The third-order valence-corrected chi connectivity index (χ3v) is 6.55. The van der Waals surface area contributed by atoms with Crippen molar-refractivity contribution in [2.45, 2.75) is 37.4 Å². The minimum Gasteiger partial charge on any atom is -0.497 e. The maximum atomic E-state index is 12.4. The van der Waals surface area contributed by atoms with Crippen molar-refractivity contribution < 1.29 is 14.3 Å². The second-order valence-corrected chi connectivity index (χ2v) is 8.86. The van der Waals surface area contributed by atoms with Crippen LogP contribution in [0, 0.1) is 5.92 Å². The second-order valence-electron chi connectivity index (χ2n) is 7.92. The number of carbonyl (C=O) groups is 2. The Morgan fingerprint density at radius 1 is 1.15 bits per heavy atom. The molecule has 172 valence electrons. The Labute approximate surface area is 197 Å². The smallest absolute Gasteiger partial charge is 0.230 e. The van der Waals surface area contributed by atoms with Crippen molar-refractivity contribution in [3.05, 3.63) is 60.4 Å². The van der Waals surface area contributed by atoms with Crippen LogP contribution in [0.4, 0.5) is 5.69 Å². The van der Waals surface area contributed by atoms with E-state index in [2.05, 4.69) is 20.8 Å². The molecule has 1 heterocycles. The van der Waals surface area contributed by atoms with E-state index in [0.29, 0.717) is 11.7 Å². The molecule has 4 rings (SSSR count). The van der Waals surface area contributed by atoms with Crippen LogP contribution < -0.4 is 15.4 Å². The van der Waals surface area contributed by atoms with Crippen LogP contribution in [0.2, 0.25) is 0 Å². The number of ether oxygens (including phenoxy) is 1.